The first-order valence-electron chi connectivity index (χ1n) is 5.96. The molecule has 0 saturated heterocycles. The summed E-state index contributed by atoms with van der Waals surface area (Å²) in [5.74, 6) is 2.06. The van der Waals surface area contributed by atoms with Crippen LogP contribution in [0.15, 0.2) is 18.2 Å². The van der Waals surface area contributed by atoms with Gasteiger partial charge in [0, 0.05) is 0 Å². The number of phenols is 1. The van der Waals surface area contributed by atoms with E-state index in [2.05, 4.69) is 19.9 Å². The summed E-state index contributed by atoms with van der Waals surface area (Å²) >= 11 is 0. The highest BCUT2D eigenvalue weighted by Crippen LogP contribution is 2.31. The lowest BCUT2D eigenvalue weighted by atomic mass is 9.80. The van der Waals surface area contributed by atoms with Gasteiger partial charge in [0.15, 0.2) is 0 Å². The van der Waals surface area contributed by atoms with E-state index >= 15 is 0 Å². The zero-order chi connectivity index (χ0) is 10.8. The summed E-state index contributed by atoms with van der Waals surface area (Å²) in [6, 6.07) is 5.84. The molecule has 0 aliphatic heterocycles. The van der Waals surface area contributed by atoms with Crippen LogP contribution < -0.4 is 0 Å². The van der Waals surface area contributed by atoms with Crippen molar-refractivity contribution in [3.05, 3.63) is 29.3 Å². The molecule has 0 aromatic heterocycles. The predicted octanol–water partition coefficient (Wildman–Crippen LogP) is 3.54. The summed E-state index contributed by atoms with van der Waals surface area (Å²) in [6.45, 7) is 4.60. The van der Waals surface area contributed by atoms with Gasteiger partial charge < -0.3 is 5.11 Å². The number of hydrogen-bond donors (Lipinski definition) is 1. The maximum atomic E-state index is 9.40. The van der Waals surface area contributed by atoms with E-state index in [1.54, 1.807) is 0 Å². The Bertz CT molecular complexity index is 341. The number of phenolic OH excluding ortho intramolecular Hbond substituents is 1. The summed E-state index contributed by atoms with van der Waals surface area (Å²) in [6.07, 6.45) is 4.96. The molecule has 0 heterocycles. The minimum Gasteiger partial charge on any atom is -0.508 e. The minimum atomic E-state index is 0.413. The van der Waals surface area contributed by atoms with Gasteiger partial charge in [-0.25, -0.2) is 0 Å². The lowest BCUT2D eigenvalue weighted by molar-refractivity contribution is 0.369. The predicted molar refractivity (Wildman–Crippen MR) is 63.1 cm³/mol. The Kier molecular flexibility index (Phi) is 2.99. The average molecular weight is 204 g/mol. The molecule has 1 unspecified atom stereocenters. The van der Waals surface area contributed by atoms with Crippen molar-refractivity contribution in [2.45, 2.75) is 39.5 Å². The number of benzene rings is 1. The van der Waals surface area contributed by atoms with Gasteiger partial charge in [0.1, 0.15) is 5.75 Å². The molecular formula is C14H20O. The first kappa shape index (κ1) is 10.5. The number of rotatable bonds is 2. The molecule has 1 N–H and O–H groups in total. The van der Waals surface area contributed by atoms with Crippen LogP contribution in [-0.2, 0) is 12.8 Å². The Hall–Kier alpha value is -0.980. The van der Waals surface area contributed by atoms with E-state index in [0.29, 0.717) is 5.75 Å². The number of fused-ring (bicyclic) bond motifs is 1. The van der Waals surface area contributed by atoms with Crippen molar-refractivity contribution < 1.29 is 5.11 Å². The molecule has 1 heteroatoms. The van der Waals surface area contributed by atoms with E-state index in [4.69, 9.17) is 0 Å². The fourth-order valence-electron chi connectivity index (χ4n) is 2.68. The van der Waals surface area contributed by atoms with Crippen LogP contribution in [0.5, 0.6) is 5.75 Å². The summed E-state index contributed by atoms with van der Waals surface area (Å²) < 4.78 is 0. The zero-order valence-electron chi connectivity index (χ0n) is 9.66. The largest absolute Gasteiger partial charge is 0.508 e. The van der Waals surface area contributed by atoms with Crippen LogP contribution in [0.4, 0.5) is 0 Å². The molecule has 82 valence electrons. The van der Waals surface area contributed by atoms with Crippen LogP contribution in [0.25, 0.3) is 0 Å². The zero-order valence-corrected chi connectivity index (χ0v) is 9.66. The van der Waals surface area contributed by atoms with Crippen LogP contribution in [0, 0.1) is 11.8 Å². The van der Waals surface area contributed by atoms with Gasteiger partial charge >= 0.3 is 0 Å². The van der Waals surface area contributed by atoms with E-state index < -0.39 is 0 Å². The van der Waals surface area contributed by atoms with Gasteiger partial charge in [0.25, 0.3) is 0 Å². The Morgan fingerprint density at radius 1 is 1.33 bits per heavy atom. The van der Waals surface area contributed by atoms with Gasteiger partial charge in [-0.2, -0.15) is 0 Å². The SMILES string of the molecule is CC(C)CC1CCc2cc(O)ccc2C1. The molecule has 1 aliphatic carbocycles. The first-order chi connectivity index (χ1) is 7.15. The molecule has 0 saturated carbocycles. The third kappa shape index (κ3) is 2.53. The number of aryl methyl sites for hydroxylation is 1. The first-order valence-corrected chi connectivity index (χ1v) is 5.96. The van der Waals surface area contributed by atoms with Gasteiger partial charge in [-0.05, 0) is 60.8 Å². The molecule has 0 spiro atoms. The molecule has 1 aromatic rings. The maximum Gasteiger partial charge on any atom is 0.115 e. The molecule has 1 aliphatic rings. The topological polar surface area (TPSA) is 20.2 Å². The summed E-state index contributed by atoms with van der Waals surface area (Å²) in [7, 11) is 0. The molecule has 1 aromatic carbocycles. The maximum absolute atomic E-state index is 9.40. The second kappa shape index (κ2) is 4.26. The van der Waals surface area contributed by atoms with Gasteiger partial charge in [-0.15, -0.1) is 0 Å². The highest BCUT2D eigenvalue weighted by Gasteiger charge is 2.19. The highest BCUT2D eigenvalue weighted by atomic mass is 16.3. The molecule has 0 fully saturated rings. The molecule has 1 atom stereocenters. The van der Waals surface area contributed by atoms with E-state index in [1.807, 2.05) is 12.1 Å². The molecule has 0 bridgehead atoms. The monoisotopic (exact) mass is 204 g/mol. The molecule has 0 amide bonds. The van der Waals surface area contributed by atoms with Crippen LogP contribution in [0.3, 0.4) is 0 Å². The molecular weight excluding hydrogens is 184 g/mol. The summed E-state index contributed by atoms with van der Waals surface area (Å²) in [4.78, 5) is 0. The molecule has 1 nitrogen and oxygen atoms in total. The number of hydrogen-bond acceptors (Lipinski definition) is 1. The van der Waals surface area contributed by atoms with Crippen molar-refractivity contribution in [3.8, 4) is 5.75 Å². The quantitative estimate of drug-likeness (QED) is 0.781. The van der Waals surface area contributed by atoms with Crippen LogP contribution in [-0.4, -0.2) is 5.11 Å². The Morgan fingerprint density at radius 2 is 2.13 bits per heavy atom. The third-order valence-electron chi connectivity index (χ3n) is 3.33. The standard InChI is InChI=1S/C14H20O/c1-10(2)7-11-3-4-13-9-14(15)6-5-12(13)8-11/h5-6,9-11,15H,3-4,7-8H2,1-2H3. The highest BCUT2D eigenvalue weighted by molar-refractivity contribution is 5.36. The fourth-order valence-corrected chi connectivity index (χ4v) is 2.68. The van der Waals surface area contributed by atoms with Gasteiger partial charge in [0.2, 0.25) is 0 Å². The normalized spacial score (nSPS) is 20.3. The van der Waals surface area contributed by atoms with Crippen molar-refractivity contribution in [1.82, 2.24) is 0 Å². The Morgan fingerprint density at radius 3 is 2.87 bits per heavy atom. The molecule has 2 rings (SSSR count). The van der Waals surface area contributed by atoms with E-state index in [-0.39, 0.29) is 0 Å². The van der Waals surface area contributed by atoms with Gasteiger partial charge in [0.05, 0.1) is 0 Å². The lowest BCUT2D eigenvalue weighted by Gasteiger charge is -2.25. The second-order valence-electron chi connectivity index (χ2n) is 5.19. The van der Waals surface area contributed by atoms with Crippen LogP contribution in [0.2, 0.25) is 0 Å². The lowest BCUT2D eigenvalue weighted by Crippen LogP contribution is -2.15. The average Bonchev–Trinajstić information content (AvgIpc) is 2.17. The van der Waals surface area contributed by atoms with Crippen molar-refractivity contribution in [1.29, 1.82) is 0 Å². The summed E-state index contributed by atoms with van der Waals surface area (Å²) in [5.41, 5.74) is 2.81. The van der Waals surface area contributed by atoms with E-state index in [9.17, 15) is 5.11 Å². The van der Waals surface area contributed by atoms with E-state index in [1.165, 1.54) is 30.4 Å². The molecule has 15 heavy (non-hydrogen) atoms. The van der Waals surface area contributed by atoms with Crippen molar-refractivity contribution in [2.24, 2.45) is 11.8 Å². The van der Waals surface area contributed by atoms with Crippen LogP contribution >= 0.6 is 0 Å². The van der Waals surface area contributed by atoms with Gasteiger partial charge in [-0.3, -0.25) is 0 Å². The van der Waals surface area contributed by atoms with Crippen LogP contribution in [0.1, 0.15) is 37.8 Å². The minimum absolute atomic E-state index is 0.413. The Balaban J connectivity index is 2.10. The summed E-state index contributed by atoms with van der Waals surface area (Å²) in [5, 5.41) is 9.40. The van der Waals surface area contributed by atoms with Crippen molar-refractivity contribution in [2.75, 3.05) is 0 Å². The van der Waals surface area contributed by atoms with E-state index in [0.717, 1.165) is 18.3 Å². The third-order valence-corrected chi connectivity index (χ3v) is 3.33. The van der Waals surface area contributed by atoms with Gasteiger partial charge in [-0.1, -0.05) is 19.9 Å². The second-order valence-corrected chi connectivity index (χ2v) is 5.19. The number of aromatic hydroxyl groups is 1. The fraction of sp³-hybridized carbons (Fsp3) is 0.571. The van der Waals surface area contributed by atoms with Crippen molar-refractivity contribution in [3.63, 3.8) is 0 Å². The Labute approximate surface area is 92.1 Å². The smallest absolute Gasteiger partial charge is 0.115 e. The van der Waals surface area contributed by atoms with Crippen molar-refractivity contribution >= 4 is 0 Å². The molecule has 0 radical (unpaired) electrons.